The predicted molar refractivity (Wildman–Crippen MR) is 119 cm³/mol. The Balaban J connectivity index is 1.71. The summed E-state index contributed by atoms with van der Waals surface area (Å²) >= 11 is 0. The Morgan fingerprint density at radius 2 is 2.03 bits per heavy atom. The van der Waals surface area contributed by atoms with E-state index in [1.807, 2.05) is 24.0 Å². The fourth-order valence-electron chi connectivity index (χ4n) is 4.29. The van der Waals surface area contributed by atoms with E-state index in [9.17, 15) is 14.7 Å². The number of amides is 2. The molecule has 178 valence electrons. The van der Waals surface area contributed by atoms with Crippen molar-refractivity contribution in [3.05, 3.63) is 35.4 Å². The largest absolute Gasteiger partial charge is 0.444 e. The van der Waals surface area contributed by atoms with Crippen molar-refractivity contribution in [3.63, 3.8) is 0 Å². The first-order valence-corrected chi connectivity index (χ1v) is 11.3. The standard InChI is InChI=1S/C24H36N2O6/c1-15(13-27)31-21-14-30-20(12-19(21)25-23(29)32-24(3,4)5)22(28)26-11-10-17-8-6-7-9-18(17)16(26)2/h6-9,15-16,19-21,27H,10-14H2,1-5H3,(H,25,29)/t15-,16+,19+,20-,21+/m1/s1. The number of fused-ring (bicyclic) bond motifs is 1. The molecule has 0 bridgehead atoms. The first-order valence-electron chi connectivity index (χ1n) is 11.3. The molecule has 32 heavy (non-hydrogen) atoms. The van der Waals surface area contributed by atoms with Crippen LogP contribution in [0.3, 0.4) is 0 Å². The first-order chi connectivity index (χ1) is 15.1. The van der Waals surface area contributed by atoms with E-state index in [1.54, 1.807) is 27.7 Å². The quantitative estimate of drug-likeness (QED) is 0.719. The van der Waals surface area contributed by atoms with Crippen LogP contribution in [0.5, 0.6) is 0 Å². The van der Waals surface area contributed by atoms with Crippen LogP contribution in [-0.4, -0.2) is 71.7 Å². The van der Waals surface area contributed by atoms with Crippen LogP contribution in [0.2, 0.25) is 0 Å². The lowest BCUT2D eigenvalue weighted by molar-refractivity contribution is -0.164. The average Bonchev–Trinajstić information content (AvgIpc) is 2.73. The number of aliphatic hydroxyl groups is 1. The van der Waals surface area contributed by atoms with Crippen molar-refractivity contribution >= 4 is 12.0 Å². The summed E-state index contributed by atoms with van der Waals surface area (Å²) in [6.07, 6.45) is -1.09. The summed E-state index contributed by atoms with van der Waals surface area (Å²) in [5.41, 5.74) is 1.78. The highest BCUT2D eigenvalue weighted by molar-refractivity contribution is 5.82. The van der Waals surface area contributed by atoms with Crippen LogP contribution >= 0.6 is 0 Å². The monoisotopic (exact) mass is 448 g/mol. The van der Waals surface area contributed by atoms with Crippen LogP contribution in [0.15, 0.2) is 24.3 Å². The Hall–Kier alpha value is -2.16. The topological polar surface area (TPSA) is 97.3 Å². The maximum absolute atomic E-state index is 13.4. The van der Waals surface area contributed by atoms with Crippen LogP contribution in [0.25, 0.3) is 0 Å². The number of hydrogen-bond acceptors (Lipinski definition) is 6. The third-order valence-electron chi connectivity index (χ3n) is 5.90. The second-order valence-electron chi connectivity index (χ2n) is 9.63. The lowest BCUT2D eigenvalue weighted by Crippen LogP contribution is -2.57. The van der Waals surface area contributed by atoms with E-state index in [1.165, 1.54) is 5.56 Å². The lowest BCUT2D eigenvalue weighted by Gasteiger charge is -2.41. The Labute approximate surface area is 190 Å². The van der Waals surface area contributed by atoms with E-state index in [0.717, 1.165) is 12.0 Å². The molecule has 0 aliphatic carbocycles. The number of hydrogen-bond donors (Lipinski definition) is 2. The highest BCUT2D eigenvalue weighted by atomic mass is 16.6. The number of carbonyl (C=O) groups excluding carboxylic acids is 2. The van der Waals surface area contributed by atoms with Gasteiger partial charge in [-0.1, -0.05) is 24.3 Å². The molecule has 0 aromatic heterocycles. The molecule has 0 saturated carbocycles. The van der Waals surface area contributed by atoms with Crippen molar-refractivity contribution in [1.82, 2.24) is 10.2 Å². The Kier molecular flexibility index (Phi) is 7.79. The van der Waals surface area contributed by atoms with Gasteiger partial charge < -0.3 is 29.5 Å². The number of benzene rings is 1. The van der Waals surface area contributed by atoms with E-state index in [0.29, 0.717) is 6.54 Å². The summed E-state index contributed by atoms with van der Waals surface area (Å²) in [6, 6.07) is 7.66. The average molecular weight is 449 g/mol. The minimum absolute atomic E-state index is 0.0447. The fraction of sp³-hybridized carbons (Fsp3) is 0.667. The summed E-state index contributed by atoms with van der Waals surface area (Å²) in [7, 11) is 0. The van der Waals surface area contributed by atoms with Gasteiger partial charge in [-0.15, -0.1) is 0 Å². The van der Waals surface area contributed by atoms with Gasteiger partial charge in [0.1, 0.15) is 17.8 Å². The van der Waals surface area contributed by atoms with Gasteiger partial charge in [0.25, 0.3) is 5.91 Å². The molecular weight excluding hydrogens is 412 g/mol. The maximum atomic E-state index is 13.4. The van der Waals surface area contributed by atoms with Gasteiger partial charge in [0.15, 0.2) is 0 Å². The first kappa shape index (κ1) is 24.5. The van der Waals surface area contributed by atoms with Crippen molar-refractivity contribution in [2.45, 2.75) is 83.5 Å². The zero-order valence-electron chi connectivity index (χ0n) is 19.7. The van der Waals surface area contributed by atoms with E-state index in [-0.39, 0.29) is 31.6 Å². The zero-order chi connectivity index (χ0) is 23.5. The lowest BCUT2D eigenvalue weighted by atomic mass is 9.92. The predicted octanol–water partition coefficient (Wildman–Crippen LogP) is 2.58. The molecule has 2 amide bonds. The zero-order valence-corrected chi connectivity index (χ0v) is 19.7. The van der Waals surface area contributed by atoms with Gasteiger partial charge in [-0.25, -0.2) is 4.79 Å². The van der Waals surface area contributed by atoms with Gasteiger partial charge in [-0.3, -0.25) is 4.79 Å². The molecule has 1 aromatic carbocycles. The molecule has 2 N–H and O–H groups in total. The third kappa shape index (κ3) is 5.99. The molecule has 5 atom stereocenters. The highest BCUT2D eigenvalue weighted by Gasteiger charge is 2.41. The highest BCUT2D eigenvalue weighted by Crippen LogP contribution is 2.31. The Morgan fingerprint density at radius 3 is 2.72 bits per heavy atom. The molecule has 8 heteroatoms. The van der Waals surface area contributed by atoms with E-state index >= 15 is 0 Å². The molecule has 0 radical (unpaired) electrons. The minimum atomic E-state index is -0.688. The van der Waals surface area contributed by atoms with Gasteiger partial charge in [-0.2, -0.15) is 0 Å². The van der Waals surface area contributed by atoms with Gasteiger partial charge in [-0.05, 0) is 52.2 Å². The molecular formula is C24H36N2O6. The number of alkyl carbamates (subject to hydrolysis) is 1. The van der Waals surface area contributed by atoms with E-state index in [2.05, 4.69) is 17.4 Å². The molecule has 0 unspecified atom stereocenters. The summed E-state index contributed by atoms with van der Waals surface area (Å²) in [5, 5.41) is 12.2. The molecule has 2 heterocycles. The number of nitrogens with zero attached hydrogens (tertiary/aromatic N) is 1. The second-order valence-corrected chi connectivity index (χ2v) is 9.63. The van der Waals surface area contributed by atoms with Crippen molar-refractivity contribution in [2.24, 2.45) is 0 Å². The van der Waals surface area contributed by atoms with Crippen molar-refractivity contribution in [2.75, 3.05) is 19.8 Å². The number of ether oxygens (including phenoxy) is 3. The summed E-state index contributed by atoms with van der Waals surface area (Å²) in [4.78, 5) is 27.7. The van der Waals surface area contributed by atoms with Gasteiger partial charge in [0.05, 0.1) is 31.4 Å². The van der Waals surface area contributed by atoms with Gasteiger partial charge in [0.2, 0.25) is 0 Å². The maximum Gasteiger partial charge on any atom is 0.407 e. The van der Waals surface area contributed by atoms with Crippen LogP contribution in [0, 0.1) is 0 Å². The number of carbonyl (C=O) groups is 2. The number of rotatable bonds is 5. The Bertz CT molecular complexity index is 808. The number of nitrogens with one attached hydrogen (secondary N) is 1. The summed E-state index contributed by atoms with van der Waals surface area (Å²) in [6.45, 7) is 9.77. The SMILES string of the molecule is C[C@H](CO)O[C@H]1CO[C@@H](C(=O)N2CCc3ccccc3[C@@H]2C)C[C@@H]1NC(=O)OC(C)(C)C. The van der Waals surface area contributed by atoms with Gasteiger partial charge >= 0.3 is 6.09 Å². The molecule has 2 aliphatic rings. The molecule has 3 rings (SSSR count). The van der Waals surface area contributed by atoms with E-state index < -0.39 is 36.0 Å². The van der Waals surface area contributed by atoms with Gasteiger partial charge in [0, 0.05) is 13.0 Å². The minimum Gasteiger partial charge on any atom is -0.444 e. The molecule has 8 nitrogen and oxygen atoms in total. The van der Waals surface area contributed by atoms with Crippen LogP contribution in [0.1, 0.15) is 58.2 Å². The molecule has 2 aliphatic heterocycles. The normalized spacial score (nSPS) is 26.8. The van der Waals surface area contributed by atoms with Crippen LogP contribution < -0.4 is 5.32 Å². The molecule has 0 spiro atoms. The van der Waals surface area contributed by atoms with E-state index in [4.69, 9.17) is 14.2 Å². The molecule has 1 fully saturated rings. The molecule has 1 aromatic rings. The van der Waals surface area contributed by atoms with Crippen molar-refractivity contribution in [3.8, 4) is 0 Å². The number of aliphatic hydroxyl groups excluding tert-OH is 1. The van der Waals surface area contributed by atoms with Crippen molar-refractivity contribution in [1.29, 1.82) is 0 Å². The second kappa shape index (κ2) is 10.2. The molecule has 1 saturated heterocycles. The third-order valence-corrected chi connectivity index (χ3v) is 5.90. The summed E-state index contributed by atoms with van der Waals surface area (Å²) in [5.74, 6) is -0.0864. The fourth-order valence-corrected chi connectivity index (χ4v) is 4.29. The Morgan fingerprint density at radius 1 is 1.31 bits per heavy atom. The summed E-state index contributed by atoms with van der Waals surface area (Å²) < 4.78 is 17.2. The smallest absolute Gasteiger partial charge is 0.407 e. The van der Waals surface area contributed by atoms with Crippen LogP contribution in [-0.2, 0) is 25.4 Å². The van der Waals surface area contributed by atoms with Crippen molar-refractivity contribution < 1.29 is 28.9 Å². The van der Waals surface area contributed by atoms with Crippen LogP contribution in [0.4, 0.5) is 4.79 Å².